The number of amides is 1. The summed E-state index contributed by atoms with van der Waals surface area (Å²) in [6, 6.07) is 7.92. The van der Waals surface area contributed by atoms with Crippen LogP contribution in [0.3, 0.4) is 0 Å². The molecular formula is C16H21N3OS. The zero-order valence-corrected chi connectivity index (χ0v) is 13.5. The number of aromatic nitrogens is 1. The van der Waals surface area contributed by atoms with Gasteiger partial charge < -0.3 is 11.1 Å². The first kappa shape index (κ1) is 15.7. The van der Waals surface area contributed by atoms with Gasteiger partial charge >= 0.3 is 0 Å². The summed E-state index contributed by atoms with van der Waals surface area (Å²) in [5.41, 5.74) is 8.05. The molecular weight excluding hydrogens is 282 g/mol. The van der Waals surface area contributed by atoms with Crippen LogP contribution in [0.1, 0.15) is 41.8 Å². The molecule has 0 unspecified atom stereocenters. The fourth-order valence-electron chi connectivity index (χ4n) is 1.90. The van der Waals surface area contributed by atoms with E-state index in [0.29, 0.717) is 18.7 Å². The highest BCUT2D eigenvalue weighted by Crippen LogP contribution is 2.23. The lowest BCUT2D eigenvalue weighted by Crippen LogP contribution is -2.14. The minimum absolute atomic E-state index is 0.106. The Balaban J connectivity index is 2.05. The van der Waals surface area contributed by atoms with Crippen LogP contribution < -0.4 is 11.1 Å². The molecule has 0 radical (unpaired) electrons. The second kappa shape index (κ2) is 6.37. The van der Waals surface area contributed by atoms with Crippen LogP contribution in [0.4, 0.5) is 5.69 Å². The number of nitrogens with zero attached hydrogens (tertiary/aromatic N) is 1. The van der Waals surface area contributed by atoms with E-state index in [0.717, 1.165) is 10.7 Å². The van der Waals surface area contributed by atoms with Gasteiger partial charge in [0, 0.05) is 17.5 Å². The fraction of sp³-hybridized carbons (Fsp3) is 0.375. The van der Waals surface area contributed by atoms with Crippen LogP contribution in [0, 0.1) is 0 Å². The normalized spacial score (nSPS) is 11.4. The summed E-state index contributed by atoms with van der Waals surface area (Å²) in [6.07, 6.45) is 0.707. The molecule has 4 nitrogen and oxygen atoms in total. The number of nitrogens with one attached hydrogen (secondary N) is 1. The van der Waals surface area contributed by atoms with E-state index < -0.39 is 0 Å². The predicted octanol–water partition coefficient (Wildman–Crippen LogP) is 3.19. The Hall–Kier alpha value is -1.72. The number of hydrogen-bond acceptors (Lipinski definition) is 4. The number of nitrogens with two attached hydrogens (primary N) is 1. The van der Waals surface area contributed by atoms with Crippen molar-refractivity contribution in [1.82, 2.24) is 4.98 Å². The molecule has 0 saturated heterocycles. The largest absolute Gasteiger partial charge is 0.330 e. The van der Waals surface area contributed by atoms with Crippen molar-refractivity contribution < 1.29 is 4.79 Å². The Labute approximate surface area is 129 Å². The summed E-state index contributed by atoms with van der Waals surface area (Å²) in [5, 5.41) is 5.53. The van der Waals surface area contributed by atoms with Gasteiger partial charge in [0.1, 0.15) is 5.69 Å². The van der Waals surface area contributed by atoms with E-state index in [9.17, 15) is 4.79 Å². The van der Waals surface area contributed by atoms with Gasteiger partial charge in [-0.1, -0.05) is 32.9 Å². The third-order valence-corrected chi connectivity index (χ3v) is 4.06. The van der Waals surface area contributed by atoms with Crippen molar-refractivity contribution in [2.75, 3.05) is 11.9 Å². The molecule has 1 aromatic carbocycles. The summed E-state index contributed by atoms with van der Waals surface area (Å²) in [5.74, 6) is -0.182. The number of anilines is 1. The van der Waals surface area contributed by atoms with Crippen molar-refractivity contribution >= 4 is 22.9 Å². The van der Waals surface area contributed by atoms with Gasteiger partial charge in [0.15, 0.2) is 0 Å². The zero-order valence-electron chi connectivity index (χ0n) is 12.6. The lowest BCUT2D eigenvalue weighted by Gasteiger charge is -2.19. The molecule has 0 aliphatic rings. The van der Waals surface area contributed by atoms with Gasteiger partial charge in [-0.05, 0) is 29.7 Å². The third-order valence-electron chi connectivity index (χ3n) is 3.15. The number of thiazole rings is 1. The monoisotopic (exact) mass is 303 g/mol. The lowest BCUT2D eigenvalue weighted by molar-refractivity contribution is 0.102. The smallest absolute Gasteiger partial charge is 0.275 e. The average Bonchev–Trinajstić information content (AvgIpc) is 2.87. The van der Waals surface area contributed by atoms with E-state index in [2.05, 4.69) is 31.1 Å². The first-order valence-corrected chi connectivity index (χ1v) is 7.84. The standard InChI is InChI=1S/C16H21N3OS/c1-16(2,3)11-4-6-12(7-5-11)18-15(20)13-10-21-14(19-13)8-9-17/h4-7,10H,8-9,17H2,1-3H3,(H,18,20). The van der Waals surface area contributed by atoms with Crippen LogP contribution in [0.25, 0.3) is 0 Å². The van der Waals surface area contributed by atoms with Crippen LogP contribution in [0.2, 0.25) is 0 Å². The summed E-state index contributed by atoms with van der Waals surface area (Å²) in [4.78, 5) is 16.4. The molecule has 5 heteroatoms. The van der Waals surface area contributed by atoms with Crippen LogP contribution in [0.5, 0.6) is 0 Å². The topological polar surface area (TPSA) is 68.0 Å². The summed E-state index contributed by atoms with van der Waals surface area (Å²) in [6.45, 7) is 7.03. The molecule has 1 aromatic heterocycles. The van der Waals surface area contributed by atoms with Gasteiger partial charge in [0.05, 0.1) is 5.01 Å². The highest BCUT2D eigenvalue weighted by molar-refractivity contribution is 7.09. The summed E-state index contributed by atoms with van der Waals surface area (Å²) in [7, 11) is 0. The molecule has 0 atom stereocenters. The number of carbonyl (C=O) groups is 1. The molecule has 3 N–H and O–H groups in total. The predicted molar refractivity (Wildman–Crippen MR) is 88.0 cm³/mol. The fourth-order valence-corrected chi connectivity index (χ4v) is 2.70. The second-order valence-electron chi connectivity index (χ2n) is 5.95. The van der Waals surface area contributed by atoms with E-state index in [-0.39, 0.29) is 11.3 Å². The molecule has 21 heavy (non-hydrogen) atoms. The molecule has 0 saturated carbocycles. The Morgan fingerprint density at radius 1 is 1.29 bits per heavy atom. The van der Waals surface area contributed by atoms with Gasteiger partial charge in [-0.3, -0.25) is 4.79 Å². The molecule has 0 bridgehead atoms. The second-order valence-corrected chi connectivity index (χ2v) is 6.89. The Morgan fingerprint density at radius 3 is 2.52 bits per heavy atom. The molecule has 2 aromatic rings. The molecule has 1 amide bonds. The molecule has 0 aliphatic carbocycles. The lowest BCUT2D eigenvalue weighted by atomic mass is 9.87. The first-order chi connectivity index (χ1) is 9.90. The van der Waals surface area contributed by atoms with E-state index in [1.54, 1.807) is 5.38 Å². The van der Waals surface area contributed by atoms with Crippen molar-refractivity contribution in [1.29, 1.82) is 0 Å². The van der Waals surface area contributed by atoms with E-state index >= 15 is 0 Å². The third kappa shape index (κ3) is 4.12. The Kier molecular flexibility index (Phi) is 4.75. The SMILES string of the molecule is CC(C)(C)c1ccc(NC(=O)c2csc(CCN)n2)cc1. The van der Waals surface area contributed by atoms with Crippen LogP contribution in [-0.4, -0.2) is 17.4 Å². The van der Waals surface area contributed by atoms with Crippen molar-refractivity contribution in [3.05, 3.63) is 45.9 Å². The molecule has 0 aliphatic heterocycles. The average molecular weight is 303 g/mol. The highest BCUT2D eigenvalue weighted by atomic mass is 32.1. The van der Waals surface area contributed by atoms with Crippen LogP contribution in [-0.2, 0) is 11.8 Å². The van der Waals surface area contributed by atoms with E-state index in [4.69, 9.17) is 5.73 Å². The van der Waals surface area contributed by atoms with Crippen molar-refractivity contribution in [2.24, 2.45) is 5.73 Å². The number of rotatable bonds is 4. The Morgan fingerprint density at radius 2 is 1.95 bits per heavy atom. The van der Waals surface area contributed by atoms with Gasteiger partial charge in [0.25, 0.3) is 5.91 Å². The molecule has 1 heterocycles. The van der Waals surface area contributed by atoms with Gasteiger partial charge in [-0.25, -0.2) is 4.98 Å². The number of carbonyl (C=O) groups excluding carboxylic acids is 1. The molecule has 0 fully saturated rings. The van der Waals surface area contributed by atoms with Gasteiger partial charge in [-0.2, -0.15) is 0 Å². The van der Waals surface area contributed by atoms with E-state index in [1.165, 1.54) is 16.9 Å². The maximum Gasteiger partial charge on any atom is 0.275 e. The minimum Gasteiger partial charge on any atom is -0.330 e. The molecule has 2 rings (SSSR count). The van der Waals surface area contributed by atoms with Gasteiger partial charge in [0.2, 0.25) is 0 Å². The number of benzene rings is 1. The van der Waals surface area contributed by atoms with Gasteiger partial charge in [-0.15, -0.1) is 11.3 Å². The maximum absolute atomic E-state index is 12.1. The van der Waals surface area contributed by atoms with Crippen molar-refractivity contribution in [2.45, 2.75) is 32.6 Å². The highest BCUT2D eigenvalue weighted by Gasteiger charge is 2.14. The summed E-state index contributed by atoms with van der Waals surface area (Å²) < 4.78 is 0. The van der Waals surface area contributed by atoms with Crippen LogP contribution in [0.15, 0.2) is 29.6 Å². The minimum atomic E-state index is -0.182. The molecule has 0 spiro atoms. The first-order valence-electron chi connectivity index (χ1n) is 6.96. The summed E-state index contributed by atoms with van der Waals surface area (Å²) >= 11 is 1.47. The Bertz CT molecular complexity index is 611. The van der Waals surface area contributed by atoms with E-state index in [1.807, 2.05) is 24.3 Å². The van der Waals surface area contributed by atoms with Crippen molar-refractivity contribution in [3.63, 3.8) is 0 Å². The van der Waals surface area contributed by atoms with Crippen molar-refractivity contribution in [3.8, 4) is 0 Å². The maximum atomic E-state index is 12.1. The number of hydrogen-bond donors (Lipinski definition) is 2. The van der Waals surface area contributed by atoms with Crippen LogP contribution >= 0.6 is 11.3 Å². The quantitative estimate of drug-likeness (QED) is 0.911. The molecule has 112 valence electrons. The zero-order chi connectivity index (χ0) is 15.5.